The van der Waals surface area contributed by atoms with Crippen molar-refractivity contribution in [2.75, 3.05) is 0 Å². The Morgan fingerprint density at radius 3 is 2.67 bits per heavy atom. The van der Waals surface area contributed by atoms with E-state index in [9.17, 15) is 9.90 Å². The summed E-state index contributed by atoms with van der Waals surface area (Å²) in [6.45, 7) is 4.33. The van der Waals surface area contributed by atoms with Gasteiger partial charge in [0, 0.05) is 12.3 Å². The summed E-state index contributed by atoms with van der Waals surface area (Å²) in [6, 6.07) is 0. The molecule has 0 aromatic heterocycles. The molecule has 2 aliphatic rings. The van der Waals surface area contributed by atoms with Crippen LogP contribution in [0.3, 0.4) is 0 Å². The second-order valence-electron chi connectivity index (χ2n) is 4.89. The maximum Gasteiger partial charge on any atom is 0.136 e. The first-order chi connectivity index (χ1) is 5.52. The van der Waals surface area contributed by atoms with Gasteiger partial charge in [-0.25, -0.2) is 0 Å². The third-order valence-corrected chi connectivity index (χ3v) is 3.68. The normalized spacial score (nSPS) is 44.9. The number of aliphatic hydroxyl groups is 1. The third-order valence-electron chi connectivity index (χ3n) is 3.68. The molecule has 2 nitrogen and oxygen atoms in total. The summed E-state index contributed by atoms with van der Waals surface area (Å²) >= 11 is 0. The Kier molecular flexibility index (Phi) is 1.59. The summed E-state index contributed by atoms with van der Waals surface area (Å²) in [5.74, 6) is 0.812. The van der Waals surface area contributed by atoms with Crippen molar-refractivity contribution in [3.63, 3.8) is 0 Å². The first kappa shape index (κ1) is 8.24. The van der Waals surface area contributed by atoms with Gasteiger partial charge in [-0.15, -0.1) is 0 Å². The van der Waals surface area contributed by atoms with Crippen LogP contribution >= 0.6 is 0 Å². The Labute approximate surface area is 73.0 Å². The van der Waals surface area contributed by atoms with Gasteiger partial charge in [0.1, 0.15) is 5.78 Å². The summed E-state index contributed by atoms with van der Waals surface area (Å²) in [4.78, 5) is 11.4. The van der Waals surface area contributed by atoms with Crippen LogP contribution in [0.5, 0.6) is 0 Å². The van der Waals surface area contributed by atoms with Crippen LogP contribution < -0.4 is 0 Å². The molecule has 2 fully saturated rings. The number of Topliss-reactive ketones (excluding diaryl/α,β-unsaturated/α-hetero) is 1. The number of hydrogen-bond donors (Lipinski definition) is 1. The highest BCUT2D eigenvalue weighted by Gasteiger charge is 2.53. The molecule has 0 aromatic rings. The van der Waals surface area contributed by atoms with Crippen LogP contribution in [0.2, 0.25) is 0 Å². The molecule has 2 rings (SSSR count). The maximum absolute atomic E-state index is 11.4. The smallest absolute Gasteiger partial charge is 0.136 e. The Bertz CT molecular complexity index is 220. The zero-order valence-corrected chi connectivity index (χ0v) is 7.71. The molecular weight excluding hydrogens is 152 g/mol. The Morgan fingerprint density at radius 2 is 2.17 bits per heavy atom. The van der Waals surface area contributed by atoms with Gasteiger partial charge in [-0.3, -0.25) is 4.79 Å². The molecule has 0 aromatic carbocycles. The van der Waals surface area contributed by atoms with Crippen molar-refractivity contribution < 1.29 is 9.90 Å². The van der Waals surface area contributed by atoms with Crippen LogP contribution in [0.4, 0.5) is 0 Å². The van der Waals surface area contributed by atoms with E-state index in [1.54, 1.807) is 0 Å². The Hall–Kier alpha value is -0.370. The van der Waals surface area contributed by atoms with E-state index in [1.807, 2.05) is 0 Å². The van der Waals surface area contributed by atoms with Gasteiger partial charge in [-0.05, 0) is 24.2 Å². The topological polar surface area (TPSA) is 37.3 Å². The van der Waals surface area contributed by atoms with Crippen molar-refractivity contribution in [1.82, 2.24) is 0 Å². The molecule has 12 heavy (non-hydrogen) atoms. The number of carbonyl (C=O) groups excluding carboxylic acids is 1. The summed E-state index contributed by atoms with van der Waals surface area (Å²) in [5.41, 5.74) is 0.177. The fraction of sp³-hybridized carbons (Fsp3) is 0.900. The molecule has 3 atom stereocenters. The van der Waals surface area contributed by atoms with Gasteiger partial charge in [0.15, 0.2) is 0 Å². The third kappa shape index (κ3) is 0.939. The van der Waals surface area contributed by atoms with E-state index in [2.05, 4.69) is 13.8 Å². The quantitative estimate of drug-likeness (QED) is 0.593. The van der Waals surface area contributed by atoms with Gasteiger partial charge in [0.2, 0.25) is 0 Å². The second-order valence-corrected chi connectivity index (χ2v) is 4.89. The van der Waals surface area contributed by atoms with Crippen molar-refractivity contribution in [3.8, 4) is 0 Å². The lowest BCUT2D eigenvalue weighted by Crippen LogP contribution is -2.55. The predicted molar refractivity (Wildman–Crippen MR) is 45.6 cm³/mol. The summed E-state index contributed by atoms with van der Waals surface area (Å²) < 4.78 is 0. The van der Waals surface area contributed by atoms with Crippen LogP contribution in [0.15, 0.2) is 0 Å². The van der Waals surface area contributed by atoms with E-state index < -0.39 is 0 Å². The molecule has 0 radical (unpaired) electrons. The molecule has 1 N–H and O–H groups in total. The number of aliphatic hydroxyl groups excluding tert-OH is 1. The van der Waals surface area contributed by atoms with E-state index in [0.717, 1.165) is 12.8 Å². The van der Waals surface area contributed by atoms with Gasteiger partial charge >= 0.3 is 0 Å². The Balaban J connectivity index is 2.20. The molecule has 0 bridgehead atoms. The van der Waals surface area contributed by atoms with E-state index in [0.29, 0.717) is 12.2 Å². The number of hydrogen-bond acceptors (Lipinski definition) is 2. The molecule has 0 spiro atoms. The number of fused-ring (bicyclic) bond motifs is 1. The maximum atomic E-state index is 11.4. The molecule has 0 heterocycles. The first-order valence-corrected chi connectivity index (χ1v) is 4.73. The molecule has 2 saturated carbocycles. The Morgan fingerprint density at radius 1 is 1.50 bits per heavy atom. The van der Waals surface area contributed by atoms with E-state index in [4.69, 9.17) is 0 Å². The average molecular weight is 168 g/mol. The van der Waals surface area contributed by atoms with Crippen LogP contribution in [-0.4, -0.2) is 17.0 Å². The highest BCUT2D eigenvalue weighted by Crippen LogP contribution is 2.52. The fourth-order valence-electron chi connectivity index (χ4n) is 2.82. The second kappa shape index (κ2) is 2.32. The van der Waals surface area contributed by atoms with Gasteiger partial charge < -0.3 is 5.11 Å². The summed E-state index contributed by atoms with van der Waals surface area (Å²) in [5, 5.41) is 9.54. The zero-order chi connectivity index (χ0) is 8.93. The molecular formula is C10H16O2. The lowest BCUT2D eigenvalue weighted by atomic mass is 9.52. The number of carbonyl (C=O) groups is 1. The summed E-state index contributed by atoms with van der Waals surface area (Å²) in [7, 11) is 0. The van der Waals surface area contributed by atoms with Crippen LogP contribution in [0, 0.1) is 17.3 Å². The van der Waals surface area contributed by atoms with E-state index >= 15 is 0 Å². The predicted octanol–water partition coefficient (Wildman–Crippen LogP) is 1.37. The highest BCUT2D eigenvalue weighted by molar-refractivity contribution is 5.83. The number of ketones is 1. The monoisotopic (exact) mass is 168 g/mol. The standard InChI is InChI=1S/C10H16O2/c1-10(2)4-3-7(11)6-5-8(12)9(6)10/h6,8-9,12H,3-5H2,1-2H3. The number of rotatable bonds is 0. The average Bonchev–Trinajstić information content (AvgIpc) is 1.92. The molecule has 68 valence electrons. The molecule has 0 amide bonds. The first-order valence-electron chi connectivity index (χ1n) is 4.73. The van der Waals surface area contributed by atoms with Crippen LogP contribution in [-0.2, 0) is 4.79 Å². The van der Waals surface area contributed by atoms with Crippen LogP contribution in [0.1, 0.15) is 33.1 Å². The van der Waals surface area contributed by atoms with E-state index in [1.165, 1.54) is 0 Å². The molecule has 0 saturated heterocycles. The van der Waals surface area contributed by atoms with Gasteiger partial charge in [0.25, 0.3) is 0 Å². The minimum Gasteiger partial charge on any atom is -0.393 e. The van der Waals surface area contributed by atoms with E-state index in [-0.39, 0.29) is 23.4 Å². The lowest BCUT2D eigenvalue weighted by molar-refractivity contribution is -0.157. The van der Waals surface area contributed by atoms with Gasteiger partial charge in [0.05, 0.1) is 6.10 Å². The highest BCUT2D eigenvalue weighted by atomic mass is 16.3. The van der Waals surface area contributed by atoms with Crippen molar-refractivity contribution in [1.29, 1.82) is 0 Å². The van der Waals surface area contributed by atoms with Crippen molar-refractivity contribution >= 4 is 5.78 Å². The minimum absolute atomic E-state index is 0.177. The molecule has 2 heteroatoms. The van der Waals surface area contributed by atoms with Crippen molar-refractivity contribution in [2.24, 2.45) is 17.3 Å². The van der Waals surface area contributed by atoms with Crippen molar-refractivity contribution in [3.05, 3.63) is 0 Å². The van der Waals surface area contributed by atoms with Crippen LogP contribution in [0.25, 0.3) is 0 Å². The van der Waals surface area contributed by atoms with Crippen molar-refractivity contribution in [2.45, 2.75) is 39.2 Å². The molecule has 2 aliphatic carbocycles. The minimum atomic E-state index is -0.214. The molecule has 0 aliphatic heterocycles. The fourth-order valence-corrected chi connectivity index (χ4v) is 2.82. The zero-order valence-electron chi connectivity index (χ0n) is 7.71. The molecule has 3 unspecified atom stereocenters. The largest absolute Gasteiger partial charge is 0.393 e. The SMILES string of the molecule is CC1(C)CCC(=O)C2CC(O)C21. The lowest BCUT2D eigenvalue weighted by Gasteiger charge is -2.53. The van der Waals surface area contributed by atoms with Gasteiger partial charge in [-0.1, -0.05) is 13.8 Å². The van der Waals surface area contributed by atoms with Gasteiger partial charge in [-0.2, -0.15) is 0 Å². The summed E-state index contributed by atoms with van der Waals surface area (Å²) in [6.07, 6.45) is 2.17.